The van der Waals surface area contributed by atoms with Crippen molar-refractivity contribution in [2.75, 3.05) is 26.4 Å². The third-order valence-corrected chi connectivity index (χ3v) is 14.5. The van der Waals surface area contributed by atoms with Crippen LogP contribution in [0.5, 0.6) is 40.2 Å². The molecule has 3 aromatic rings. The number of hydrogen-bond donors (Lipinski definition) is 17. The summed E-state index contributed by atoms with van der Waals surface area (Å²) in [6, 6.07) is 15.7. The second kappa shape index (κ2) is 27.8. The molecule has 4 saturated heterocycles. The Kier molecular flexibility index (Phi) is 20.5. The molecule has 0 spiro atoms. The molecule has 1 aliphatic carbocycles. The number of rotatable bonds is 19. The molecule has 3 aromatic carbocycles. The average molecular weight is 1240 g/mol. The molecule has 0 bridgehead atoms. The molecule has 0 radical (unpaired) electrons. The second-order valence-electron chi connectivity index (χ2n) is 20.6. The van der Waals surface area contributed by atoms with Gasteiger partial charge in [-0.3, -0.25) is 4.79 Å². The van der Waals surface area contributed by atoms with Gasteiger partial charge in [0.25, 0.3) is 0 Å². The molecule has 31 heteroatoms. The van der Waals surface area contributed by atoms with Crippen molar-refractivity contribution in [3.8, 4) is 62.9 Å². The van der Waals surface area contributed by atoms with E-state index in [1.165, 1.54) is 66.7 Å². The molecule has 88 heavy (non-hydrogen) atoms. The molecule has 18 N–H and O–H groups in total. The van der Waals surface area contributed by atoms with Gasteiger partial charge in [-0.2, -0.15) is 0 Å². The molecule has 20 unspecified atom stereocenters. The highest BCUT2D eigenvalue weighted by Crippen LogP contribution is 2.44. The largest absolute Gasteiger partial charge is 0.510 e. The number of carbonyl (C=O) groups excluding carboxylic acids is 2. The van der Waals surface area contributed by atoms with Gasteiger partial charge in [0, 0.05) is 23.8 Å². The summed E-state index contributed by atoms with van der Waals surface area (Å²) in [4.78, 5) is 37.0. The number of phenolic OH excluding ortho intramolecular Hbond substituents is 4. The van der Waals surface area contributed by atoms with Crippen LogP contribution in [0.15, 0.2) is 100 Å². The molecule has 0 saturated carbocycles. The van der Waals surface area contributed by atoms with Crippen molar-refractivity contribution >= 4 is 24.1 Å². The van der Waals surface area contributed by atoms with Gasteiger partial charge in [0.15, 0.2) is 58.4 Å². The minimum absolute atomic E-state index is 0.133. The quantitative estimate of drug-likeness (QED) is 0.0163. The summed E-state index contributed by atoms with van der Waals surface area (Å²) in [7, 11) is 0. The number of fused-ring (bicyclic) bond motifs is 1. The van der Waals surface area contributed by atoms with E-state index >= 15 is 0 Å². The van der Waals surface area contributed by atoms with Crippen molar-refractivity contribution in [3.63, 3.8) is 0 Å². The zero-order chi connectivity index (χ0) is 63.4. The van der Waals surface area contributed by atoms with Gasteiger partial charge in [0.2, 0.25) is 25.5 Å². The Morgan fingerprint density at radius 3 is 1.61 bits per heavy atom. The molecule has 476 valence electrons. The maximum absolute atomic E-state index is 13.2. The fourth-order valence-electron chi connectivity index (χ4n) is 9.60. The normalized spacial score (nSPS) is 32.6. The van der Waals surface area contributed by atoms with Crippen LogP contribution in [0.3, 0.4) is 0 Å². The first-order chi connectivity index (χ1) is 41.9. The van der Waals surface area contributed by atoms with Gasteiger partial charge < -0.3 is 143 Å². The van der Waals surface area contributed by atoms with E-state index < -0.39 is 195 Å². The van der Waals surface area contributed by atoms with Gasteiger partial charge in [-0.15, -0.1) is 0 Å². The lowest BCUT2D eigenvalue weighted by Gasteiger charge is -2.45. The van der Waals surface area contributed by atoms with Crippen LogP contribution in [0.4, 0.5) is 0 Å². The second-order valence-corrected chi connectivity index (χ2v) is 20.6. The number of aliphatic hydroxyl groups is 13. The number of ether oxygens (including phenoxy) is 10. The first kappa shape index (κ1) is 64.9. The smallest absolute Gasteiger partial charge is 0.508 e. The van der Waals surface area contributed by atoms with Crippen LogP contribution >= 0.6 is 0 Å². The molecule has 9 rings (SSSR count). The number of aliphatic hydroxyl groups excluding tert-OH is 13. The summed E-state index contributed by atoms with van der Waals surface area (Å²) in [5.74, 6) is -5.10. The molecule has 20 atom stereocenters. The number of benzene rings is 4. The van der Waals surface area contributed by atoms with Crippen LogP contribution in [0, 0.1) is 0 Å². The highest BCUT2D eigenvalue weighted by molar-refractivity contribution is 5.88. The molecular formula is C57H63O31+. The lowest BCUT2D eigenvalue weighted by Crippen LogP contribution is -2.65. The molecule has 5 heterocycles. The Morgan fingerprint density at radius 1 is 0.489 bits per heavy atom. The Morgan fingerprint density at radius 2 is 1.00 bits per heavy atom. The standard InChI is InChI=1S/C57H62O31/c58-18-35-41(67)45(71)49(75)54(84-35)81-32-16-26(61)15-31-27(32)17-34(52(80-31)24-5-7-25(60)8-6-24)83-57-53(48(74)44(70)38(87-57)21-79-39(65)11-3-22-1-9-28(62)30(64)13-22)88-56-51(77)47(73)43(69)37(86-56)20-78-40(66)12-4-23-2-10-29(63)33(14-23)82-55-50(76)46(72)42(68)36(19-59)85-55/h1-17,35-38,41-51,53-60,62-64,67-77H,18-21H2/p+1. The summed E-state index contributed by atoms with van der Waals surface area (Å²) in [6.45, 7) is -3.25. The van der Waals surface area contributed by atoms with Gasteiger partial charge in [-0.1, -0.05) is 12.1 Å². The van der Waals surface area contributed by atoms with Gasteiger partial charge in [0.05, 0.1) is 24.9 Å². The number of aromatic hydroxyl groups is 4. The van der Waals surface area contributed by atoms with Crippen LogP contribution in [0.2, 0.25) is 0 Å². The van der Waals surface area contributed by atoms with Crippen molar-refractivity contribution in [1.29, 1.82) is 0 Å². The number of phenols is 4. The predicted octanol–water partition coefficient (Wildman–Crippen LogP) is -3.90. The summed E-state index contributed by atoms with van der Waals surface area (Å²) in [5, 5.41) is 179. The summed E-state index contributed by atoms with van der Waals surface area (Å²) >= 11 is 0. The molecule has 4 fully saturated rings. The van der Waals surface area contributed by atoms with E-state index in [1.54, 1.807) is 0 Å². The number of carbonyl (C=O) groups is 1. The maximum Gasteiger partial charge on any atom is 0.510 e. The maximum atomic E-state index is 13.2. The van der Waals surface area contributed by atoms with Gasteiger partial charge in [-0.05, 0) is 77.9 Å². The van der Waals surface area contributed by atoms with Crippen LogP contribution in [0.1, 0.15) is 11.1 Å². The lowest BCUT2D eigenvalue weighted by molar-refractivity contribution is -0.357. The average Bonchev–Trinajstić information content (AvgIpc) is 3.53. The van der Waals surface area contributed by atoms with E-state index in [0.717, 1.165) is 36.4 Å². The molecule has 0 aromatic heterocycles. The molecule has 0 amide bonds. The minimum Gasteiger partial charge on any atom is -0.508 e. The molecule has 5 aliphatic heterocycles. The SMILES string of the molecule is O=C(C=Cc1ccc(O)c(OC2OC(CO)C(O)C(O)C2O)c1)OCC1OC(OC2C(Oc3cc4c(OC5OC(CO)C(O)C(O)C5O)cc(=O)cc-4oc3-c3ccc(O)cc3)OC(COC(=[OH+])C=Cc3ccc(O)c(O)c3)C(O)C2O)C(O)C(O)C1O. The Labute approximate surface area is 495 Å². The highest BCUT2D eigenvalue weighted by Gasteiger charge is 2.53. The Balaban J connectivity index is 0.983. The third-order valence-electron chi connectivity index (χ3n) is 14.5. The van der Waals surface area contributed by atoms with Crippen molar-refractivity contribution in [1.82, 2.24) is 0 Å². The van der Waals surface area contributed by atoms with E-state index in [-0.39, 0.29) is 45.3 Å². The van der Waals surface area contributed by atoms with Crippen molar-refractivity contribution in [2.24, 2.45) is 0 Å². The van der Waals surface area contributed by atoms with E-state index in [9.17, 15) is 101 Å². The first-order valence-corrected chi connectivity index (χ1v) is 26.9. The molecular weight excluding hydrogens is 1180 g/mol. The minimum atomic E-state index is -2.19. The molecule has 6 aliphatic rings. The van der Waals surface area contributed by atoms with Crippen LogP contribution in [0.25, 0.3) is 34.8 Å². The van der Waals surface area contributed by atoms with Gasteiger partial charge in [0.1, 0.15) is 109 Å². The van der Waals surface area contributed by atoms with E-state index in [2.05, 4.69) is 0 Å². The van der Waals surface area contributed by atoms with Gasteiger partial charge in [-0.25, -0.2) is 4.79 Å². The van der Waals surface area contributed by atoms with E-state index in [0.29, 0.717) is 0 Å². The topological polar surface area (TPSA) is 505 Å². The number of esters is 2. The lowest BCUT2D eigenvalue weighted by atomic mass is 9.97. The van der Waals surface area contributed by atoms with Crippen LogP contribution in [-0.2, 0) is 38.0 Å². The third kappa shape index (κ3) is 14.4. The van der Waals surface area contributed by atoms with E-state index in [1.807, 2.05) is 0 Å². The van der Waals surface area contributed by atoms with Crippen molar-refractivity contribution < 1.29 is 148 Å². The first-order valence-electron chi connectivity index (χ1n) is 26.9. The number of hydrogen-bond acceptors (Lipinski definition) is 30. The van der Waals surface area contributed by atoms with Gasteiger partial charge >= 0.3 is 11.9 Å². The summed E-state index contributed by atoms with van der Waals surface area (Å²) in [5.41, 5.74) is -0.288. The van der Waals surface area contributed by atoms with Crippen LogP contribution in [-0.4, -0.2) is 253 Å². The predicted molar refractivity (Wildman–Crippen MR) is 290 cm³/mol. The Hall–Kier alpha value is -7.61. The summed E-state index contributed by atoms with van der Waals surface area (Å²) < 4.78 is 63.7. The zero-order valence-electron chi connectivity index (χ0n) is 45.5. The monoisotopic (exact) mass is 1240 g/mol. The molecule has 31 nitrogen and oxygen atoms in total. The fourth-order valence-corrected chi connectivity index (χ4v) is 9.60. The zero-order valence-corrected chi connectivity index (χ0v) is 45.5. The van der Waals surface area contributed by atoms with Crippen LogP contribution < -0.4 is 19.6 Å². The fraction of sp³-hybridized carbons (Fsp3) is 0.421. The van der Waals surface area contributed by atoms with Crippen molar-refractivity contribution in [3.05, 3.63) is 112 Å². The van der Waals surface area contributed by atoms with Crippen molar-refractivity contribution in [2.45, 2.75) is 123 Å². The Bertz CT molecular complexity index is 3290. The summed E-state index contributed by atoms with van der Waals surface area (Å²) in [6.07, 6.45) is -33.2. The van der Waals surface area contributed by atoms with E-state index in [4.69, 9.17) is 51.8 Å². The highest BCUT2D eigenvalue weighted by atomic mass is 16.8.